The Hall–Kier alpha value is 0.250. The lowest BCUT2D eigenvalue weighted by molar-refractivity contribution is -0.117. The lowest BCUT2D eigenvalue weighted by Gasteiger charge is -1.71. The second kappa shape index (κ2) is 5.39. The van der Waals surface area contributed by atoms with Gasteiger partial charge in [0, 0.05) is 12.8 Å². The number of hydrogen-bond donors (Lipinski definition) is 0. The van der Waals surface area contributed by atoms with Crippen molar-refractivity contribution in [2.75, 3.05) is 0 Å². The summed E-state index contributed by atoms with van der Waals surface area (Å²) in [4.78, 5) is 10.2. The molecule has 1 saturated carbocycles. The summed E-state index contributed by atoms with van der Waals surface area (Å²) in [6, 6.07) is 0. The number of halogens is 2. The Kier molecular flexibility index (Phi) is 7.48. The number of carbonyl (C=O) groups excluding carboxylic acids is 1. The Morgan fingerprint density at radius 2 is 1.38 bits per heavy atom. The lowest BCUT2D eigenvalue weighted by Crippen LogP contribution is -1.81. The van der Waals surface area contributed by atoms with E-state index >= 15 is 0 Å². The number of carbonyl (C=O) groups is 1. The quantitative estimate of drug-likeness (QED) is 0.525. The summed E-state index contributed by atoms with van der Waals surface area (Å²) in [5.74, 6) is 0.454. The third-order valence-electron chi connectivity index (χ3n) is 1.16. The van der Waals surface area contributed by atoms with E-state index in [-0.39, 0.29) is 24.8 Å². The maximum Gasteiger partial charge on any atom is 0.132 e. The van der Waals surface area contributed by atoms with Gasteiger partial charge in [-0.05, 0) is 12.8 Å². The molecule has 0 aromatic carbocycles. The highest BCUT2D eigenvalue weighted by molar-refractivity contribution is 5.85. The van der Waals surface area contributed by atoms with E-state index in [1.807, 2.05) is 0 Å². The summed E-state index contributed by atoms with van der Waals surface area (Å²) in [7, 11) is 0. The van der Waals surface area contributed by atoms with Crippen LogP contribution in [0.4, 0.5) is 0 Å². The zero-order chi connectivity index (χ0) is 4.41. The van der Waals surface area contributed by atoms with Gasteiger partial charge in [0.2, 0.25) is 0 Å². The molecule has 0 aliphatic heterocycles. The molecule has 0 bridgehead atoms. The van der Waals surface area contributed by atoms with Gasteiger partial charge in [0.25, 0.3) is 0 Å². The molecule has 50 valence electrons. The molecule has 0 radical (unpaired) electrons. The van der Waals surface area contributed by atoms with E-state index in [1.165, 1.54) is 0 Å². The predicted octanol–water partition coefficient (Wildman–Crippen LogP) is 1.97. The van der Waals surface area contributed by atoms with E-state index in [1.54, 1.807) is 0 Å². The molecule has 1 aliphatic carbocycles. The minimum absolute atomic E-state index is 0. The Morgan fingerprint density at radius 1 is 1.00 bits per heavy atom. The second-order valence-corrected chi connectivity index (χ2v) is 1.75. The normalized spacial score (nSPS) is 16.8. The fourth-order valence-electron chi connectivity index (χ4n) is 0.769. The third kappa shape index (κ3) is 3.28. The fraction of sp³-hybridized carbons (Fsp3) is 0.800. The molecular formula is C5H10Cl2O. The van der Waals surface area contributed by atoms with Crippen molar-refractivity contribution in [3.63, 3.8) is 0 Å². The molecule has 8 heavy (non-hydrogen) atoms. The Bertz CT molecular complexity index is 64.8. The van der Waals surface area contributed by atoms with Crippen LogP contribution in [0.2, 0.25) is 0 Å². The maximum absolute atomic E-state index is 10.2. The van der Waals surface area contributed by atoms with Crippen molar-refractivity contribution in [3.8, 4) is 0 Å². The first-order valence-corrected chi connectivity index (χ1v) is 2.41. The third-order valence-corrected chi connectivity index (χ3v) is 1.16. The number of Topliss-reactive ketones (excluding diaryl/α,β-unsaturated/α-hetero) is 1. The van der Waals surface area contributed by atoms with Crippen LogP contribution in [0.1, 0.15) is 25.7 Å². The molecule has 3 heteroatoms. The van der Waals surface area contributed by atoms with Gasteiger partial charge in [-0.1, -0.05) is 0 Å². The largest absolute Gasteiger partial charge is 0.300 e. The van der Waals surface area contributed by atoms with Gasteiger partial charge in [0.15, 0.2) is 0 Å². The molecule has 1 rings (SSSR count). The van der Waals surface area contributed by atoms with Crippen LogP contribution in [0.5, 0.6) is 0 Å². The van der Waals surface area contributed by atoms with Crippen LogP contribution >= 0.6 is 24.8 Å². The van der Waals surface area contributed by atoms with Crippen LogP contribution in [0, 0.1) is 0 Å². The van der Waals surface area contributed by atoms with Crippen molar-refractivity contribution < 1.29 is 4.79 Å². The smallest absolute Gasteiger partial charge is 0.132 e. The molecule has 0 amide bonds. The maximum atomic E-state index is 10.2. The van der Waals surface area contributed by atoms with Crippen molar-refractivity contribution in [1.29, 1.82) is 0 Å². The zero-order valence-corrected chi connectivity index (χ0v) is 6.19. The van der Waals surface area contributed by atoms with E-state index < -0.39 is 0 Å². The predicted molar refractivity (Wildman–Crippen MR) is 38.0 cm³/mol. The Morgan fingerprint density at radius 3 is 1.50 bits per heavy atom. The number of hydrogen-bond acceptors (Lipinski definition) is 1. The molecular weight excluding hydrogens is 147 g/mol. The summed E-state index contributed by atoms with van der Waals surface area (Å²) in [5, 5.41) is 0. The van der Waals surface area contributed by atoms with E-state index in [2.05, 4.69) is 0 Å². The summed E-state index contributed by atoms with van der Waals surface area (Å²) >= 11 is 0. The Balaban J connectivity index is 0. The average molecular weight is 157 g/mol. The molecule has 0 N–H and O–H groups in total. The molecule has 1 fully saturated rings. The molecule has 0 heterocycles. The highest BCUT2D eigenvalue weighted by Crippen LogP contribution is 2.11. The zero-order valence-electron chi connectivity index (χ0n) is 4.55. The monoisotopic (exact) mass is 156 g/mol. The van der Waals surface area contributed by atoms with Crippen LogP contribution in [0.3, 0.4) is 0 Å². The second-order valence-electron chi connectivity index (χ2n) is 1.75. The van der Waals surface area contributed by atoms with Crippen LogP contribution < -0.4 is 0 Å². The number of rotatable bonds is 0. The summed E-state index contributed by atoms with van der Waals surface area (Å²) in [6.45, 7) is 0. The first-order chi connectivity index (χ1) is 2.89. The Labute approximate surface area is 61.7 Å². The van der Waals surface area contributed by atoms with Crippen molar-refractivity contribution in [2.45, 2.75) is 25.7 Å². The van der Waals surface area contributed by atoms with Crippen LogP contribution in [0.15, 0.2) is 0 Å². The van der Waals surface area contributed by atoms with Gasteiger partial charge in [-0.25, -0.2) is 0 Å². The van der Waals surface area contributed by atoms with Gasteiger partial charge in [-0.2, -0.15) is 0 Å². The van der Waals surface area contributed by atoms with E-state index in [4.69, 9.17) is 0 Å². The first-order valence-electron chi connectivity index (χ1n) is 2.41. The number of ketones is 1. The van der Waals surface area contributed by atoms with Gasteiger partial charge < -0.3 is 0 Å². The highest BCUT2D eigenvalue weighted by atomic mass is 35.5. The molecule has 0 aromatic rings. The molecule has 0 spiro atoms. The lowest BCUT2D eigenvalue weighted by atomic mass is 10.4. The molecule has 0 aromatic heterocycles. The first kappa shape index (κ1) is 11.1. The molecule has 0 saturated heterocycles. The standard InChI is InChI=1S/C5H8O.2ClH/c6-5-3-1-2-4-5;;/h1-4H2;2*1H. The van der Waals surface area contributed by atoms with Crippen molar-refractivity contribution in [1.82, 2.24) is 0 Å². The van der Waals surface area contributed by atoms with Gasteiger partial charge in [-0.3, -0.25) is 4.79 Å². The van der Waals surface area contributed by atoms with Gasteiger partial charge in [0.1, 0.15) is 5.78 Å². The van der Waals surface area contributed by atoms with Gasteiger partial charge >= 0.3 is 0 Å². The van der Waals surface area contributed by atoms with Gasteiger partial charge in [-0.15, -0.1) is 24.8 Å². The summed E-state index contributed by atoms with van der Waals surface area (Å²) < 4.78 is 0. The van der Waals surface area contributed by atoms with Crippen molar-refractivity contribution >= 4 is 30.6 Å². The summed E-state index contributed by atoms with van der Waals surface area (Å²) in [5.41, 5.74) is 0. The SMILES string of the molecule is Cl.Cl.O=C1CCCC1. The molecule has 1 aliphatic rings. The van der Waals surface area contributed by atoms with Crippen LogP contribution in [0.25, 0.3) is 0 Å². The van der Waals surface area contributed by atoms with Crippen molar-refractivity contribution in [3.05, 3.63) is 0 Å². The minimum atomic E-state index is 0. The van der Waals surface area contributed by atoms with E-state index in [0.29, 0.717) is 5.78 Å². The summed E-state index contributed by atoms with van der Waals surface area (Å²) in [6.07, 6.45) is 3.97. The van der Waals surface area contributed by atoms with E-state index in [9.17, 15) is 4.79 Å². The topological polar surface area (TPSA) is 17.1 Å². The average Bonchev–Trinajstić information content (AvgIpc) is 1.86. The fourth-order valence-corrected chi connectivity index (χ4v) is 0.769. The molecule has 1 nitrogen and oxygen atoms in total. The van der Waals surface area contributed by atoms with Crippen LogP contribution in [-0.4, -0.2) is 5.78 Å². The van der Waals surface area contributed by atoms with E-state index in [0.717, 1.165) is 25.7 Å². The highest BCUT2D eigenvalue weighted by Gasteiger charge is 2.07. The van der Waals surface area contributed by atoms with Crippen LogP contribution in [-0.2, 0) is 4.79 Å². The van der Waals surface area contributed by atoms with Crippen molar-refractivity contribution in [2.24, 2.45) is 0 Å². The van der Waals surface area contributed by atoms with Gasteiger partial charge in [0.05, 0.1) is 0 Å². The minimum Gasteiger partial charge on any atom is -0.300 e. The molecule has 0 atom stereocenters. The molecule has 0 unspecified atom stereocenters.